The van der Waals surface area contributed by atoms with Crippen LogP contribution in [-0.4, -0.2) is 43.6 Å². The second kappa shape index (κ2) is 11.2. The van der Waals surface area contributed by atoms with Gasteiger partial charge in [0.15, 0.2) is 11.4 Å². The molecule has 1 aromatic carbocycles. The van der Waals surface area contributed by atoms with Gasteiger partial charge >= 0.3 is 12.0 Å². The van der Waals surface area contributed by atoms with Gasteiger partial charge in [0.25, 0.3) is 5.91 Å². The van der Waals surface area contributed by atoms with Crippen molar-refractivity contribution >= 4 is 40.1 Å². The summed E-state index contributed by atoms with van der Waals surface area (Å²) in [6.07, 6.45) is 1.43. The molecule has 1 aliphatic heterocycles. The number of carbonyl (C=O) groups is 2. The van der Waals surface area contributed by atoms with Crippen LogP contribution in [0.15, 0.2) is 42.7 Å². The van der Waals surface area contributed by atoms with E-state index < -0.39 is 23.8 Å². The van der Waals surface area contributed by atoms with Crippen molar-refractivity contribution < 1.29 is 31.9 Å². The maximum absolute atomic E-state index is 15.0. The molecule has 2 aliphatic carbocycles. The number of anilines is 1. The highest BCUT2D eigenvalue weighted by molar-refractivity contribution is 6.30. The summed E-state index contributed by atoms with van der Waals surface area (Å²) in [5.41, 5.74) is 8.11. The monoisotopic (exact) mass is 656 g/mol. The van der Waals surface area contributed by atoms with E-state index in [9.17, 15) is 27.2 Å². The predicted molar refractivity (Wildman–Crippen MR) is 161 cm³/mol. The van der Waals surface area contributed by atoms with Gasteiger partial charge in [0.2, 0.25) is 5.92 Å². The fraction of sp³-hybridized carbons (Fsp3) is 0.406. The largest absolute Gasteiger partial charge is 0.482 e. The van der Waals surface area contributed by atoms with Gasteiger partial charge in [-0.25, -0.2) is 18.4 Å². The van der Waals surface area contributed by atoms with Crippen LogP contribution in [0, 0.1) is 11.8 Å². The minimum Gasteiger partial charge on any atom is -0.423 e. The Kier molecular flexibility index (Phi) is 7.41. The van der Waals surface area contributed by atoms with Gasteiger partial charge in [-0.15, -0.1) is 0 Å². The number of nitrogens with zero attached hydrogens (tertiary/aromatic N) is 5. The Morgan fingerprint density at radius 3 is 2.48 bits per heavy atom. The molecule has 0 unspecified atom stereocenters. The van der Waals surface area contributed by atoms with Gasteiger partial charge in [-0.2, -0.15) is 13.9 Å². The second-order valence-electron chi connectivity index (χ2n) is 12.3. The Morgan fingerprint density at radius 2 is 1.80 bits per heavy atom. The number of amides is 2. The Balaban J connectivity index is 1.33. The number of fused-ring (bicyclic) bond motifs is 2. The minimum atomic E-state index is -4.17. The minimum absolute atomic E-state index is 0.0336. The average Bonchev–Trinajstić information content (AvgIpc) is 3.74. The van der Waals surface area contributed by atoms with E-state index in [2.05, 4.69) is 10.1 Å². The average molecular weight is 657 g/mol. The Hall–Kier alpha value is -4.26. The number of carbonyl (C=O) groups excluding carboxylic acids is 2. The number of alkyl halides is 4. The SMILES string of the molecule is NC(=O)c1c(CC2CC2)nc2c(cnn2CC2CCC(F)(F)CC2)c1-c1ccc2c(c1)OC(F)(F)C(=O)N2Cc1ccc(Cl)cn1. The third-order valence-corrected chi connectivity index (χ3v) is 9.16. The van der Waals surface area contributed by atoms with E-state index in [0.717, 1.165) is 17.7 Å². The molecule has 0 saturated heterocycles. The molecule has 9 nitrogen and oxygen atoms in total. The van der Waals surface area contributed by atoms with Crippen molar-refractivity contribution in [2.75, 3.05) is 4.90 Å². The molecule has 4 heterocycles. The van der Waals surface area contributed by atoms with Gasteiger partial charge < -0.3 is 10.5 Å². The number of primary amides is 1. The standard InChI is InChI=1S/C32H29ClF4N6O3/c33-20-4-5-21(39-13-20)16-42-24-6-3-19(12-25(24)46-32(36,37)30(42)45)26-22-14-40-43(15-18-7-9-31(34,35)10-8-18)29(22)41-23(11-17-1-2-17)27(26)28(38)44/h3-6,12-14,17-18H,1-2,7-11,15-16H2,(H2,38,44). The van der Waals surface area contributed by atoms with Crippen LogP contribution in [0.5, 0.6) is 5.75 Å². The second-order valence-corrected chi connectivity index (χ2v) is 12.8. The molecule has 0 spiro atoms. The van der Waals surface area contributed by atoms with Crippen molar-refractivity contribution in [1.29, 1.82) is 0 Å². The summed E-state index contributed by atoms with van der Waals surface area (Å²) in [4.78, 5) is 35.7. The summed E-state index contributed by atoms with van der Waals surface area (Å²) >= 11 is 5.91. The van der Waals surface area contributed by atoms with Gasteiger partial charge in [-0.3, -0.25) is 19.5 Å². The molecule has 2 saturated carbocycles. The summed E-state index contributed by atoms with van der Waals surface area (Å²) in [5.74, 6) is -4.96. The summed E-state index contributed by atoms with van der Waals surface area (Å²) in [6.45, 7) is 0.0961. The summed E-state index contributed by atoms with van der Waals surface area (Å²) in [6, 6.07) is 7.49. The van der Waals surface area contributed by atoms with Gasteiger partial charge in [0.05, 0.1) is 40.4 Å². The fourth-order valence-corrected chi connectivity index (χ4v) is 6.46. The molecule has 7 rings (SSSR count). The topological polar surface area (TPSA) is 116 Å². The number of ether oxygens (including phenoxy) is 1. The molecule has 240 valence electrons. The van der Waals surface area contributed by atoms with Crippen LogP contribution in [0.2, 0.25) is 5.02 Å². The third-order valence-electron chi connectivity index (χ3n) is 8.93. The van der Waals surface area contributed by atoms with Crippen molar-refractivity contribution in [3.8, 4) is 16.9 Å². The zero-order valence-corrected chi connectivity index (χ0v) is 25.2. The number of aromatic nitrogens is 4. The Labute approximate surface area is 265 Å². The number of hydrogen-bond donors (Lipinski definition) is 1. The van der Waals surface area contributed by atoms with E-state index in [1.54, 1.807) is 16.8 Å². The molecule has 2 N–H and O–H groups in total. The fourth-order valence-electron chi connectivity index (χ4n) is 6.35. The van der Waals surface area contributed by atoms with Crippen molar-refractivity contribution in [1.82, 2.24) is 19.7 Å². The van der Waals surface area contributed by atoms with Gasteiger partial charge in [0, 0.05) is 36.5 Å². The lowest BCUT2D eigenvalue weighted by atomic mass is 9.87. The van der Waals surface area contributed by atoms with Crippen LogP contribution in [0.25, 0.3) is 22.2 Å². The van der Waals surface area contributed by atoms with E-state index in [-0.39, 0.29) is 42.3 Å². The van der Waals surface area contributed by atoms with Crippen LogP contribution >= 0.6 is 11.6 Å². The van der Waals surface area contributed by atoms with Gasteiger partial charge in [-0.1, -0.05) is 17.7 Å². The molecular weight excluding hydrogens is 628 g/mol. The number of hydrogen-bond acceptors (Lipinski definition) is 6. The first-order chi connectivity index (χ1) is 21.9. The van der Waals surface area contributed by atoms with Gasteiger partial charge in [0.1, 0.15) is 0 Å². The van der Waals surface area contributed by atoms with E-state index in [0.29, 0.717) is 70.3 Å². The van der Waals surface area contributed by atoms with E-state index >= 15 is 0 Å². The molecule has 0 bridgehead atoms. The highest BCUT2D eigenvalue weighted by Gasteiger charge is 2.50. The predicted octanol–water partition coefficient (Wildman–Crippen LogP) is 6.54. The molecule has 2 amide bonds. The normalized spacial score (nSPS) is 19.2. The van der Waals surface area contributed by atoms with E-state index in [1.165, 1.54) is 30.6 Å². The van der Waals surface area contributed by atoms with Crippen LogP contribution in [0.3, 0.4) is 0 Å². The van der Waals surface area contributed by atoms with Gasteiger partial charge in [-0.05, 0) is 73.8 Å². The van der Waals surface area contributed by atoms with Crippen molar-refractivity contribution in [2.45, 2.75) is 70.1 Å². The summed E-state index contributed by atoms with van der Waals surface area (Å²) in [5, 5.41) is 5.33. The molecular formula is C32H29ClF4N6O3. The Bertz CT molecular complexity index is 1850. The van der Waals surface area contributed by atoms with E-state index in [1.807, 2.05) is 0 Å². The number of benzene rings is 1. The van der Waals surface area contributed by atoms with E-state index in [4.69, 9.17) is 27.1 Å². The maximum Gasteiger partial charge on any atom is 0.482 e. The first kappa shape index (κ1) is 30.4. The van der Waals surface area contributed by atoms with Crippen molar-refractivity contribution in [3.63, 3.8) is 0 Å². The van der Waals surface area contributed by atoms with Crippen LogP contribution in [0.1, 0.15) is 60.3 Å². The number of rotatable bonds is 8. The van der Waals surface area contributed by atoms with Crippen LogP contribution < -0.4 is 15.4 Å². The first-order valence-corrected chi connectivity index (χ1v) is 15.5. The van der Waals surface area contributed by atoms with Crippen molar-refractivity contribution in [3.05, 3.63) is 64.7 Å². The molecule has 2 fully saturated rings. The zero-order valence-electron chi connectivity index (χ0n) is 24.5. The van der Waals surface area contributed by atoms with Crippen LogP contribution in [-0.2, 0) is 24.3 Å². The summed E-state index contributed by atoms with van der Waals surface area (Å²) in [7, 11) is 0. The first-order valence-electron chi connectivity index (χ1n) is 15.1. The highest BCUT2D eigenvalue weighted by atomic mass is 35.5. The molecule has 46 heavy (non-hydrogen) atoms. The molecule has 14 heteroatoms. The number of nitrogens with two attached hydrogens (primary N) is 1. The lowest BCUT2D eigenvalue weighted by Gasteiger charge is -2.33. The summed E-state index contributed by atoms with van der Waals surface area (Å²) < 4.78 is 64.2. The quantitative estimate of drug-likeness (QED) is 0.215. The zero-order chi connectivity index (χ0) is 32.4. The molecule has 3 aromatic heterocycles. The van der Waals surface area contributed by atoms with Crippen molar-refractivity contribution in [2.24, 2.45) is 17.6 Å². The molecule has 0 radical (unpaired) electrons. The lowest BCUT2D eigenvalue weighted by Crippen LogP contribution is -2.50. The maximum atomic E-state index is 15.0. The smallest absolute Gasteiger partial charge is 0.423 e. The van der Waals surface area contributed by atoms with Crippen LogP contribution in [0.4, 0.5) is 23.2 Å². The lowest BCUT2D eigenvalue weighted by molar-refractivity contribution is -0.193. The molecule has 4 aromatic rings. The molecule has 0 atom stereocenters. The number of halogens is 5. The third kappa shape index (κ3) is 5.76. The highest BCUT2D eigenvalue weighted by Crippen LogP contribution is 2.45. The number of pyridine rings is 2. The Morgan fingerprint density at radius 1 is 1.04 bits per heavy atom. The molecule has 3 aliphatic rings.